The van der Waals surface area contributed by atoms with Gasteiger partial charge in [-0.15, -0.1) is 10.2 Å². The number of nitrogens with one attached hydrogen (secondary N) is 3. The smallest absolute Gasteiger partial charge is 0.267 e. The van der Waals surface area contributed by atoms with Gasteiger partial charge in [-0.3, -0.25) is 38.9 Å². The Bertz CT molecular complexity index is 3870. The van der Waals surface area contributed by atoms with Crippen molar-refractivity contribution in [2.45, 2.75) is 279 Å². The second kappa shape index (κ2) is 48.7. The Balaban J connectivity index is 0.000000601. The van der Waals surface area contributed by atoms with Crippen LogP contribution in [0.3, 0.4) is 0 Å². The molecule has 0 unspecified atom stereocenters. The van der Waals surface area contributed by atoms with E-state index in [0.29, 0.717) is 100 Å². The number of phenols is 1. The number of ether oxygens (including phenoxy) is 2. The van der Waals surface area contributed by atoms with Crippen molar-refractivity contribution in [1.29, 1.82) is 0 Å². The van der Waals surface area contributed by atoms with E-state index in [2.05, 4.69) is 159 Å². The summed E-state index contributed by atoms with van der Waals surface area (Å²) in [5.41, 5.74) is 3.89. The first-order valence-electron chi connectivity index (χ1n) is 38.2. The number of amides is 2. The second-order valence-corrected chi connectivity index (χ2v) is 30.9. The molecule has 3 aliphatic heterocycles. The lowest BCUT2D eigenvalue weighted by Gasteiger charge is -2.44. The lowest BCUT2D eigenvalue weighted by atomic mass is 9.72. The minimum Gasteiger partial charge on any atom is -0.504 e. The van der Waals surface area contributed by atoms with Gasteiger partial charge < -0.3 is 43.8 Å². The number of carbonyl (C=O) groups is 2. The molecule has 110 heavy (non-hydrogen) atoms. The molecule has 27 nitrogen and oxygen atoms in total. The van der Waals surface area contributed by atoms with Crippen molar-refractivity contribution in [3.8, 4) is 11.5 Å². The average molecular weight is 1540 g/mol. The normalized spacial score (nSPS) is 14.6. The fraction of sp³-hybridized carbons (Fsp3) is 0.654. The van der Waals surface area contributed by atoms with E-state index in [0.717, 1.165) is 59.7 Å². The number of hydrogen-bond acceptors (Lipinski definition) is 23. The summed E-state index contributed by atoms with van der Waals surface area (Å²) in [6.07, 6.45) is 11.4. The predicted octanol–water partition coefficient (Wildman–Crippen LogP) is 16.3. The predicted molar refractivity (Wildman–Crippen MR) is 430 cm³/mol. The maximum Gasteiger partial charge on any atom is 0.267 e. The molecule has 5 aliphatic rings. The van der Waals surface area contributed by atoms with Crippen LogP contribution in [0.25, 0.3) is 0 Å². The van der Waals surface area contributed by atoms with Crippen LogP contribution in [0.5, 0.6) is 11.5 Å². The topological polar surface area (TPSA) is 364 Å². The van der Waals surface area contributed by atoms with Crippen LogP contribution >= 0.6 is 0 Å². The number of halogens is 2. The highest BCUT2D eigenvalue weighted by molar-refractivity contribution is 6.40. The molecule has 2 saturated carbocycles. The second-order valence-electron chi connectivity index (χ2n) is 30.9. The van der Waals surface area contributed by atoms with Crippen molar-refractivity contribution in [3.63, 3.8) is 0 Å². The molecule has 12 rings (SSSR count). The van der Waals surface area contributed by atoms with E-state index in [1.807, 2.05) is 124 Å². The number of phenolic OH excluding ortho intramolecular Hbond substituents is 1. The van der Waals surface area contributed by atoms with E-state index in [1.54, 1.807) is 31.8 Å². The first-order valence-corrected chi connectivity index (χ1v) is 38.2. The molecule has 5 N–H and O–H groups in total. The number of H-pyrrole nitrogens is 1. The number of aromatic amines is 1. The summed E-state index contributed by atoms with van der Waals surface area (Å²) in [4.78, 5) is 67.1. The van der Waals surface area contributed by atoms with Crippen molar-refractivity contribution in [2.75, 3.05) is 34.0 Å². The molecule has 0 saturated heterocycles. The molecule has 7 aromatic rings. The molecule has 0 atom stereocenters. The Morgan fingerprint density at radius 1 is 0.573 bits per heavy atom. The van der Waals surface area contributed by atoms with Gasteiger partial charge in [0.1, 0.15) is 48.3 Å². The van der Waals surface area contributed by atoms with Crippen molar-refractivity contribution in [1.82, 2.24) is 66.1 Å². The first kappa shape index (κ1) is 99.1. The quantitative estimate of drug-likeness (QED) is 0.0631. The molecule has 2 aromatic carbocycles. The fourth-order valence-corrected chi connectivity index (χ4v) is 10.4. The van der Waals surface area contributed by atoms with Crippen LogP contribution in [-0.2, 0) is 26.1 Å². The first-order chi connectivity index (χ1) is 51.3. The molecule has 8 heterocycles. The molecule has 616 valence electrons. The van der Waals surface area contributed by atoms with Crippen LogP contribution in [0, 0.1) is 62.0 Å². The third-order valence-electron chi connectivity index (χ3n) is 17.7. The van der Waals surface area contributed by atoms with Gasteiger partial charge in [0.05, 0.1) is 29.0 Å². The van der Waals surface area contributed by atoms with Gasteiger partial charge in [-0.25, -0.2) is 23.7 Å². The number of benzene rings is 1. The van der Waals surface area contributed by atoms with E-state index in [1.165, 1.54) is 44.0 Å². The molecule has 0 spiro atoms. The van der Waals surface area contributed by atoms with E-state index < -0.39 is 28.2 Å². The molecule has 0 bridgehead atoms. The SMILES string of the molecule is CC(C)C1=NCC=N1.CC(C)C1=NCNC1=O.CC(C)c1c(O)c(=O)c1=O.CC(C)c1cc(F)c(O)c(F)c1.CC(C)c1ncn[nH]1.CC(C)c1ncnn1C.CC1=C(C(C)C)C(=O)NC1.COC1(C(C)C)CC1.COC1(C(C)C)CCC1.Cc1cc(C(C)C)on1.Cc1nnc(C(C)C)o1.Cc1noc(C(C)C)n1. The van der Waals surface area contributed by atoms with E-state index >= 15 is 0 Å². The van der Waals surface area contributed by atoms with Crippen molar-refractivity contribution in [2.24, 2.45) is 51.6 Å². The van der Waals surface area contributed by atoms with Gasteiger partial charge in [0.25, 0.3) is 11.3 Å². The van der Waals surface area contributed by atoms with E-state index in [-0.39, 0.29) is 46.5 Å². The number of aryl methyl sites for hydroxylation is 4. The third-order valence-corrected chi connectivity index (χ3v) is 17.7. The largest absolute Gasteiger partial charge is 0.504 e. The Hall–Kier alpha value is -8.86. The van der Waals surface area contributed by atoms with Gasteiger partial charge in [0, 0.05) is 94.0 Å². The van der Waals surface area contributed by atoms with Crippen LogP contribution in [-0.4, -0.2) is 140 Å². The Kier molecular flexibility index (Phi) is 43.9. The highest BCUT2D eigenvalue weighted by atomic mass is 19.1. The number of rotatable bonds is 14. The molecule has 2 aliphatic carbocycles. The van der Waals surface area contributed by atoms with Gasteiger partial charge >= 0.3 is 0 Å². The van der Waals surface area contributed by atoms with E-state index in [4.69, 9.17) is 33.2 Å². The Morgan fingerprint density at radius 2 is 1.15 bits per heavy atom. The van der Waals surface area contributed by atoms with Crippen molar-refractivity contribution in [3.05, 3.63) is 132 Å². The highest BCUT2D eigenvalue weighted by Gasteiger charge is 2.45. The fourth-order valence-electron chi connectivity index (χ4n) is 10.4. The third kappa shape index (κ3) is 33.8. The summed E-state index contributed by atoms with van der Waals surface area (Å²) in [6.45, 7) is 58.4. The summed E-state index contributed by atoms with van der Waals surface area (Å²) >= 11 is 0. The standard InChI is InChI=1S/C9H10F2O.C8H13NO.C8H16O.C7H11NO.C7H8O3.C7H14O.C6H11N3.3C6H10N2O.C6H10N2.C5H9N3/c1-5(2)6-3-7(10)9(12)8(11)4-6;1-5(2)7-6(3)4-9-8(7)10;1-7(2)8(9-3)5-4-6-8;1-5(2)7-4-6(3)8-9-7;1-3(2)4-5(8)7(10)6(4)9;1-6(2)7(8-3)4-5-7;1-5(2)6-7-4-8-9(6)3;1-4(2)5-6(9)8-3-7-5;1-4(2)6-8-7-5(3)9-6;1-4(2)6-7-5(3)8-9-6;1-5(2)6-7-3-4-8-6;1-4(2)5-6-3-7-8-5/h3-5,12H,1-2H3;5H,4H2,1-3H3,(H,9,10);7H,4-6H2,1-3H3;4-5H,1-3H3;3,8H,1-2H3;6H,4-5H2,1-3H3;4-5H,1-3H3;4H,3H2,1-2H3,(H,8,9);2*4H,1-3H3;3,5H,4H2,1-2H3;3-4H,1-2H3,(H,6,7,8). The molecule has 29 heteroatoms. The molecule has 2 fully saturated rings. The van der Waals surface area contributed by atoms with Crippen LogP contribution in [0.15, 0.2) is 80.0 Å². The summed E-state index contributed by atoms with van der Waals surface area (Å²) in [5.74, 6) is 8.33. The van der Waals surface area contributed by atoms with Gasteiger partial charge in [0.2, 0.25) is 29.0 Å². The number of amidine groups is 1. The van der Waals surface area contributed by atoms with Gasteiger partial charge in [0.15, 0.2) is 29.0 Å². The monoisotopic (exact) mass is 1540 g/mol. The van der Waals surface area contributed by atoms with Crippen LogP contribution in [0.2, 0.25) is 0 Å². The van der Waals surface area contributed by atoms with Gasteiger partial charge in [-0.1, -0.05) is 176 Å². The maximum absolute atomic E-state index is 12.7. The number of aromatic hydroxyl groups is 2. The average Bonchev–Trinajstić information content (AvgIpc) is 1.73. The minimum absolute atomic E-state index is 0.00926. The summed E-state index contributed by atoms with van der Waals surface area (Å²) in [7, 11) is 5.55. The number of nitrogens with zero attached hydrogens (tertiary/aromatic N) is 13. The number of methoxy groups -OCH3 is 2. The number of aromatic nitrogens is 11. The molecule has 5 aromatic heterocycles. The molecular formula is C81H132F2N16O11. The zero-order valence-electron chi connectivity index (χ0n) is 71.7. The number of hydrogen-bond donors (Lipinski definition) is 5. The van der Waals surface area contributed by atoms with Crippen molar-refractivity contribution < 1.29 is 51.5 Å². The summed E-state index contributed by atoms with van der Waals surface area (Å²) in [5, 5.41) is 48.3. The Morgan fingerprint density at radius 3 is 1.35 bits per heavy atom. The number of aliphatic imine (C=N–C) groups is 3. The van der Waals surface area contributed by atoms with E-state index in [9.17, 15) is 28.0 Å². The van der Waals surface area contributed by atoms with Crippen molar-refractivity contribution >= 4 is 29.6 Å². The number of carbonyl (C=O) groups excluding carboxylic acids is 2. The lowest BCUT2D eigenvalue weighted by molar-refractivity contribution is -0.117. The maximum atomic E-state index is 12.7. The minimum atomic E-state index is -0.904. The Labute approximate surface area is 651 Å². The summed E-state index contributed by atoms with van der Waals surface area (Å²) in [6, 6.07) is 4.25. The lowest BCUT2D eigenvalue weighted by Crippen LogP contribution is -2.43. The van der Waals surface area contributed by atoms with Crippen LogP contribution < -0.4 is 21.5 Å². The molecule has 2 amide bonds. The molecule has 0 radical (unpaired) electrons. The summed E-state index contributed by atoms with van der Waals surface area (Å²) < 4.78 is 52.9. The zero-order chi connectivity index (χ0) is 84.2. The highest BCUT2D eigenvalue weighted by Crippen LogP contribution is 2.45. The van der Waals surface area contributed by atoms with Gasteiger partial charge in [-0.2, -0.15) is 15.2 Å². The molecular weight excluding hydrogens is 1410 g/mol. The zero-order valence-corrected chi connectivity index (χ0v) is 71.7. The van der Waals surface area contributed by atoms with Gasteiger partial charge in [-0.05, 0) is 106 Å². The van der Waals surface area contributed by atoms with Crippen LogP contribution in [0.1, 0.15) is 304 Å². The van der Waals surface area contributed by atoms with Crippen LogP contribution in [0.4, 0.5) is 8.78 Å².